The first kappa shape index (κ1) is 16.9. The maximum absolute atomic E-state index is 12.6. The van der Waals surface area contributed by atoms with Crippen LogP contribution < -0.4 is 0 Å². The van der Waals surface area contributed by atoms with Crippen LogP contribution in [0.3, 0.4) is 0 Å². The molecule has 1 N–H and O–H groups in total. The van der Waals surface area contributed by atoms with Gasteiger partial charge in [-0.25, -0.2) is 0 Å². The third-order valence-electron chi connectivity index (χ3n) is 4.54. The number of aliphatic hydroxyl groups excluding tert-OH is 1. The van der Waals surface area contributed by atoms with Gasteiger partial charge < -0.3 is 19.2 Å². The number of aryl methyl sites for hydroxylation is 1. The van der Waals surface area contributed by atoms with Crippen LogP contribution in [0.4, 0.5) is 0 Å². The summed E-state index contributed by atoms with van der Waals surface area (Å²) in [6, 6.07) is -0.142. The van der Waals surface area contributed by atoms with Crippen LogP contribution in [0, 0.1) is 6.92 Å². The molecule has 0 bridgehead atoms. The fourth-order valence-corrected chi connectivity index (χ4v) is 3.26. The maximum atomic E-state index is 12.6. The Morgan fingerprint density at radius 2 is 2.29 bits per heavy atom. The number of carbonyl (C=O) groups is 1. The van der Waals surface area contributed by atoms with Crippen LogP contribution in [0.1, 0.15) is 31.5 Å². The smallest absolute Gasteiger partial charge is 0.253 e. The highest BCUT2D eigenvalue weighted by Crippen LogP contribution is 2.22. The molecule has 2 atom stereocenters. The second kappa shape index (κ2) is 7.31. The van der Waals surface area contributed by atoms with Crippen molar-refractivity contribution >= 4 is 5.91 Å². The molecular formula is C16H24N4O4. The van der Waals surface area contributed by atoms with Crippen molar-refractivity contribution in [2.75, 3.05) is 26.2 Å². The third-order valence-corrected chi connectivity index (χ3v) is 4.54. The number of likely N-dealkylation sites (N-methyl/N-ethyl adjacent to an activating group) is 1. The van der Waals surface area contributed by atoms with Gasteiger partial charge >= 0.3 is 0 Å². The lowest BCUT2D eigenvalue weighted by atomic mass is 10.1. The Bertz CT molecular complexity index is 615. The van der Waals surface area contributed by atoms with Gasteiger partial charge in [-0.05, 0) is 19.4 Å². The van der Waals surface area contributed by atoms with E-state index < -0.39 is 6.10 Å². The van der Waals surface area contributed by atoms with Gasteiger partial charge in [0.2, 0.25) is 11.8 Å². The van der Waals surface area contributed by atoms with Crippen molar-refractivity contribution in [3.8, 4) is 0 Å². The first-order valence-corrected chi connectivity index (χ1v) is 8.39. The number of nitrogens with zero attached hydrogens (tertiary/aromatic N) is 4. The maximum Gasteiger partial charge on any atom is 0.253 e. The summed E-state index contributed by atoms with van der Waals surface area (Å²) in [5.41, 5.74) is 0.685. The molecule has 0 aromatic carbocycles. The highest BCUT2D eigenvalue weighted by atomic mass is 16.5. The van der Waals surface area contributed by atoms with Crippen molar-refractivity contribution in [1.82, 2.24) is 20.0 Å². The van der Waals surface area contributed by atoms with Gasteiger partial charge in [0, 0.05) is 20.0 Å². The average Bonchev–Trinajstić information content (AvgIpc) is 3.18. The second-order valence-corrected chi connectivity index (χ2v) is 6.24. The van der Waals surface area contributed by atoms with Crippen molar-refractivity contribution in [2.24, 2.45) is 0 Å². The molecule has 8 nitrogen and oxygen atoms in total. The van der Waals surface area contributed by atoms with Crippen LogP contribution in [0.15, 0.2) is 16.3 Å². The second-order valence-electron chi connectivity index (χ2n) is 6.24. The summed E-state index contributed by atoms with van der Waals surface area (Å²) in [5, 5.41) is 18.3. The lowest BCUT2D eigenvalue weighted by Gasteiger charge is -2.28. The standard InChI is InChI=1S/C16H24N4O4/c1-3-19(9-15-18-17-11(2)24-15)13-7-20(8-14(13)21)16(22)12-5-4-6-23-10-12/h10,13-14,21H,3-9H2,1-2H3/t13-,14+/m0/s1. The molecule has 1 amide bonds. The topological polar surface area (TPSA) is 91.9 Å². The van der Waals surface area contributed by atoms with E-state index in [4.69, 9.17) is 9.15 Å². The van der Waals surface area contributed by atoms with Crippen LogP contribution >= 0.6 is 0 Å². The number of hydrogen-bond acceptors (Lipinski definition) is 7. The minimum Gasteiger partial charge on any atom is -0.501 e. The molecule has 132 valence electrons. The molecule has 2 aliphatic rings. The monoisotopic (exact) mass is 336 g/mol. The molecule has 3 heterocycles. The predicted octanol–water partition coefficient (Wildman–Crippen LogP) is 0.466. The number of carbonyl (C=O) groups excluding carboxylic acids is 1. The van der Waals surface area contributed by atoms with Gasteiger partial charge in [-0.2, -0.15) is 0 Å². The molecule has 0 spiro atoms. The number of aliphatic hydroxyl groups is 1. The van der Waals surface area contributed by atoms with Crippen molar-refractivity contribution < 1.29 is 19.1 Å². The van der Waals surface area contributed by atoms with Crippen LogP contribution in [0.25, 0.3) is 0 Å². The molecule has 1 saturated heterocycles. The number of aromatic nitrogens is 2. The van der Waals surface area contributed by atoms with Crippen LogP contribution in [0.5, 0.6) is 0 Å². The first-order valence-electron chi connectivity index (χ1n) is 8.39. The van der Waals surface area contributed by atoms with E-state index in [1.807, 2.05) is 6.92 Å². The normalized spacial score (nSPS) is 24.2. The van der Waals surface area contributed by atoms with E-state index in [1.165, 1.54) is 0 Å². The first-order chi connectivity index (χ1) is 11.6. The molecule has 24 heavy (non-hydrogen) atoms. The summed E-state index contributed by atoms with van der Waals surface area (Å²) in [6.45, 7) is 6.42. The molecule has 1 fully saturated rings. The summed E-state index contributed by atoms with van der Waals surface area (Å²) >= 11 is 0. The fraction of sp³-hybridized carbons (Fsp3) is 0.688. The van der Waals surface area contributed by atoms with E-state index in [-0.39, 0.29) is 11.9 Å². The average molecular weight is 336 g/mol. The Labute approximate surface area is 141 Å². The van der Waals surface area contributed by atoms with Gasteiger partial charge in [0.15, 0.2) is 0 Å². The molecule has 3 rings (SSSR count). The molecule has 0 aliphatic carbocycles. The molecule has 0 radical (unpaired) electrons. The quantitative estimate of drug-likeness (QED) is 0.835. The van der Waals surface area contributed by atoms with Crippen LogP contribution in [-0.2, 0) is 16.1 Å². The van der Waals surface area contributed by atoms with Gasteiger partial charge in [0.05, 0.1) is 37.1 Å². The number of β-amino-alcohol motifs (C(OH)–C–C–N with tert-alkyl or cyclic N) is 1. The summed E-state index contributed by atoms with van der Waals surface area (Å²) in [7, 11) is 0. The number of amides is 1. The molecule has 0 unspecified atom stereocenters. The number of rotatable bonds is 5. The van der Waals surface area contributed by atoms with Crippen molar-refractivity contribution in [1.29, 1.82) is 0 Å². The number of likely N-dealkylation sites (tertiary alicyclic amines) is 1. The van der Waals surface area contributed by atoms with Gasteiger partial charge in [-0.3, -0.25) is 9.69 Å². The Kier molecular flexibility index (Phi) is 5.15. The van der Waals surface area contributed by atoms with Gasteiger partial charge in [0.25, 0.3) is 5.91 Å². The minimum absolute atomic E-state index is 0.0408. The van der Waals surface area contributed by atoms with E-state index in [0.717, 1.165) is 19.4 Å². The Morgan fingerprint density at radius 1 is 1.46 bits per heavy atom. The molecule has 0 saturated carbocycles. The van der Waals surface area contributed by atoms with E-state index in [2.05, 4.69) is 15.1 Å². The summed E-state index contributed by atoms with van der Waals surface area (Å²) in [5.74, 6) is 1.00. The predicted molar refractivity (Wildman–Crippen MR) is 84.8 cm³/mol. The summed E-state index contributed by atoms with van der Waals surface area (Å²) in [4.78, 5) is 16.3. The minimum atomic E-state index is -0.594. The largest absolute Gasteiger partial charge is 0.501 e. The van der Waals surface area contributed by atoms with Crippen LogP contribution in [0.2, 0.25) is 0 Å². The zero-order valence-corrected chi connectivity index (χ0v) is 14.1. The third kappa shape index (κ3) is 3.59. The molecule has 1 aromatic rings. The number of ether oxygens (including phenoxy) is 1. The van der Waals surface area contributed by atoms with Gasteiger partial charge in [-0.1, -0.05) is 6.92 Å². The molecule has 1 aromatic heterocycles. The van der Waals surface area contributed by atoms with Gasteiger partial charge in [0.1, 0.15) is 0 Å². The Balaban J connectivity index is 1.65. The molecular weight excluding hydrogens is 312 g/mol. The van der Waals surface area contributed by atoms with Crippen molar-refractivity contribution in [3.63, 3.8) is 0 Å². The molecule has 8 heteroatoms. The van der Waals surface area contributed by atoms with E-state index >= 15 is 0 Å². The highest BCUT2D eigenvalue weighted by molar-refractivity contribution is 5.93. The zero-order valence-electron chi connectivity index (χ0n) is 14.1. The van der Waals surface area contributed by atoms with E-state index in [9.17, 15) is 9.90 Å². The Hall–Kier alpha value is -1.93. The number of hydrogen-bond donors (Lipinski definition) is 1. The van der Waals surface area contributed by atoms with Crippen LogP contribution in [-0.4, -0.2) is 69.4 Å². The zero-order chi connectivity index (χ0) is 17.1. The van der Waals surface area contributed by atoms with Crippen molar-refractivity contribution in [3.05, 3.63) is 23.6 Å². The Morgan fingerprint density at radius 3 is 2.92 bits per heavy atom. The lowest BCUT2D eigenvalue weighted by molar-refractivity contribution is -0.127. The van der Waals surface area contributed by atoms with Crippen molar-refractivity contribution in [2.45, 2.75) is 45.4 Å². The summed E-state index contributed by atoms with van der Waals surface area (Å²) < 4.78 is 10.7. The van der Waals surface area contributed by atoms with E-state index in [0.29, 0.717) is 43.6 Å². The summed E-state index contributed by atoms with van der Waals surface area (Å²) in [6.07, 6.45) is 2.55. The van der Waals surface area contributed by atoms with E-state index in [1.54, 1.807) is 18.1 Å². The molecule has 2 aliphatic heterocycles. The van der Waals surface area contributed by atoms with Gasteiger partial charge in [-0.15, -0.1) is 10.2 Å². The SMILES string of the molecule is CCN(Cc1nnc(C)o1)[C@H]1CN(C(=O)C2=COCCC2)C[C@H]1O. The highest BCUT2D eigenvalue weighted by Gasteiger charge is 2.38. The lowest BCUT2D eigenvalue weighted by Crippen LogP contribution is -2.43. The fourth-order valence-electron chi connectivity index (χ4n) is 3.26.